The fourth-order valence-electron chi connectivity index (χ4n) is 1.62. The molecule has 0 N–H and O–H groups in total. The van der Waals surface area contributed by atoms with Gasteiger partial charge in [0.25, 0.3) is 0 Å². The van der Waals surface area contributed by atoms with Crippen molar-refractivity contribution in [2.75, 3.05) is 26.8 Å². The van der Waals surface area contributed by atoms with Crippen LogP contribution in [0, 0.1) is 0 Å². The SMILES string of the molecule is CCCCN1C(=O)CC(=O)N(CCOC)C1=O. The van der Waals surface area contributed by atoms with Gasteiger partial charge in [-0.3, -0.25) is 19.4 Å². The summed E-state index contributed by atoms with van der Waals surface area (Å²) in [6.07, 6.45) is 1.42. The van der Waals surface area contributed by atoms with E-state index < -0.39 is 17.8 Å². The number of urea groups is 1. The second kappa shape index (κ2) is 6.34. The van der Waals surface area contributed by atoms with Crippen LogP contribution in [-0.2, 0) is 14.3 Å². The van der Waals surface area contributed by atoms with E-state index in [1.807, 2.05) is 6.92 Å². The Balaban J connectivity index is 2.69. The third-order valence-corrected chi connectivity index (χ3v) is 2.62. The van der Waals surface area contributed by atoms with Crippen LogP contribution in [-0.4, -0.2) is 54.5 Å². The van der Waals surface area contributed by atoms with Gasteiger partial charge in [-0.25, -0.2) is 4.79 Å². The van der Waals surface area contributed by atoms with Gasteiger partial charge in [-0.05, 0) is 6.42 Å². The molecule has 1 saturated heterocycles. The normalized spacial score (nSPS) is 16.9. The van der Waals surface area contributed by atoms with Crippen molar-refractivity contribution in [3.63, 3.8) is 0 Å². The van der Waals surface area contributed by atoms with Gasteiger partial charge >= 0.3 is 6.03 Å². The highest BCUT2D eigenvalue weighted by atomic mass is 16.5. The maximum absolute atomic E-state index is 11.9. The standard InChI is InChI=1S/C11H18N2O4/c1-3-4-5-12-9(14)8-10(15)13(11(12)16)6-7-17-2/h3-8H2,1-2H3. The van der Waals surface area contributed by atoms with Crippen LogP contribution in [0.4, 0.5) is 4.79 Å². The van der Waals surface area contributed by atoms with Gasteiger partial charge in [0.2, 0.25) is 11.8 Å². The van der Waals surface area contributed by atoms with Crippen molar-refractivity contribution in [2.24, 2.45) is 0 Å². The van der Waals surface area contributed by atoms with Gasteiger partial charge in [0.05, 0.1) is 13.2 Å². The largest absolute Gasteiger partial charge is 0.383 e. The molecule has 1 aliphatic rings. The third kappa shape index (κ3) is 3.26. The highest BCUT2D eigenvalue weighted by Crippen LogP contribution is 2.12. The Morgan fingerprint density at radius 1 is 1.12 bits per heavy atom. The molecular formula is C11H18N2O4. The molecule has 0 radical (unpaired) electrons. The predicted molar refractivity (Wildman–Crippen MR) is 60.2 cm³/mol. The Labute approximate surface area is 101 Å². The average molecular weight is 242 g/mol. The first-order valence-corrected chi connectivity index (χ1v) is 5.75. The zero-order valence-electron chi connectivity index (χ0n) is 10.3. The molecule has 0 spiro atoms. The summed E-state index contributed by atoms with van der Waals surface area (Å²) in [5, 5.41) is 0. The zero-order valence-corrected chi connectivity index (χ0v) is 10.3. The fraction of sp³-hybridized carbons (Fsp3) is 0.727. The summed E-state index contributed by atoms with van der Waals surface area (Å²) in [5.74, 6) is -0.841. The zero-order chi connectivity index (χ0) is 12.8. The van der Waals surface area contributed by atoms with Crippen molar-refractivity contribution >= 4 is 17.8 Å². The molecule has 1 fully saturated rings. The van der Waals surface area contributed by atoms with Gasteiger partial charge in [-0.15, -0.1) is 0 Å². The topological polar surface area (TPSA) is 66.9 Å². The second-order valence-electron chi connectivity index (χ2n) is 3.90. The van der Waals surface area contributed by atoms with E-state index >= 15 is 0 Å². The number of rotatable bonds is 6. The number of methoxy groups -OCH3 is 1. The highest BCUT2D eigenvalue weighted by molar-refractivity contribution is 6.14. The number of unbranched alkanes of at least 4 members (excludes halogenated alkanes) is 1. The number of barbiturate groups is 1. The van der Waals surface area contributed by atoms with Gasteiger partial charge in [0.1, 0.15) is 6.42 Å². The molecule has 0 unspecified atom stereocenters. The van der Waals surface area contributed by atoms with E-state index in [9.17, 15) is 14.4 Å². The molecule has 0 aromatic carbocycles. The van der Waals surface area contributed by atoms with Crippen LogP contribution in [0.1, 0.15) is 26.2 Å². The maximum atomic E-state index is 11.9. The summed E-state index contributed by atoms with van der Waals surface area (Å²) in [7, 11) is 1.50. The quantitative estimate of drug-likeness (QED) is 0.640. The van der Waals surface area contributed by atoms with Gasteiger partial charge in [-0.2, -0.15) is 0 Å². The number of hydrogen-bond acceptors (Lipinski definition) is 4. The van der Waals surface area contributed by atoms with Gasteiger partial charge < -0.3 is 4.74 Å². The summed E-state index contributed by atoms with van der Waals surface area (Å²) >= 11 is 0. The summed E-state index contributed by atoms with van der Waals surface area (Å²) in [6.45, 7) is 2.84. The van der Waals surface area contributed by atoms with Crippen molar-refractivity contribution in [3.05, 3.63) is 0 Å². The lowest BCUT2D eigenvalue weighted by atomic mass is 10.2. The summed E-state index contributed by atoms with van der Waals surface area (Å²) < 4.78 is 4.83. The molecule has 96 valence electrons. The van der Waals surface area contributed by atoms with Gasteiger partial charge in [0, 0.05) is 13.7 Å². The van der Waals surface area contributed by atoms with Crippen molar-refractivity contribution in [1.29, 1.82) is 0 Å². The van der Waals surface area contributed by atoms with Crippen LogP contribution in [0.25, 0.3) is 0 Å². The first kappa shape index (κ1) is 13.6. The third-order valence-electron chi connectivity index (χ3n) is 2.62. The molecule has 0 aromatic heterocycles. The van der Waals surface area contributed by atoms with Crippen LogP contribution in [0.15, 0.2) is 0 Å². The highest BCUT2D eigenvalue weighted by Gasteiger charge is 2.36. The lowest BCUT2D eigenvalue weighted by Crippen LogP contribution is -2.55. The molecule has 1 aliphatic heterocycles. The number of amides is 4. The first-order valence-electron chi connectivity index (χ1n) is 5.75. The Kier molecular flexibility index (Phi) is 5.09. The Bertz CT molecular complexity index is 289. The maximum Gasteiger partial charge on any atom is 0.333 e. The van der Waals surface area contributed by atoms with E-state index in [1.54, 1.807) is 0 Å². The number of ether oxygens (including phenoxy) is 1. The van der Waals surface area contributed by atoms with Crippen LogP contribution in [0.5, 0.6) is 0 Å². The molecule has 6 heteroatoms. The Morgan fingerprint density at radius 2 is 1.71 bits per heavy atom. The van der Waals surface area contributed by atoms with E-state index in [0.29, 0.717) is 6.54 Å². The van der Waals surface area contributed by atoms with Crippen molar-refractivity contribution in [2.45, 2.75) is 26.2 Å². The number of carbonyl (C=O) groups excluding carboxylic acids is 3. The van der Waals surface area contributed by atoms with E-state index in [4.69, 9.17) is 4.74 Å². The molecule has 0 aromatic rings. The number of carbonyl (C=O) groups is 3. The minimum Gasteiger partial charge on any atom is -0.383 e. The van der Waals surface area contributed by atoms with Crippen LogP contribution in [0.2, 0.25) is 0 Å². The molecule has 0 saturated carbocycles. The lowest BCUT2D eigenvalue weighted by Gasteiger charge is -2.32. The smallest absolute Gasteiger partial charge is 0.333 e. The molecule has 0 bridgehead atoms. The molecule has 4 amide bonds. The minimum absolute atomic E-state index is 0.198. The van der Waals surface area contributed by atoms with E-state index in [1.165, 1.54) is 7.11 Å². The molecule has 1 rings (SSSR count). The molecule has 6 nitrogen and oxygen atoms in total. The van der Waals surface area contributed by atoms with Crippen molar-refractivity contribution < 1.29 is 19.1 Å². The van der Waals surface area contributed by atoms with Crippen molar-refractivity contribution in [1.82, 2.24) is 9.80 Å². The Hall–Kier alpha value is -1.43. The summed E-state index contributed by atoms with van der Waals surface area (Å²) in [5.41, 5.74) is 0. The predicted octanol–water partition coefficient (Wildman–Crippen LogP) is 0.614. The summed E-state index contributed by atoms with van der Waals surface area (Å²) in [4.78, 5) is 37.3. The van der Waals surface area contributed by atoms with Crippen LogP contribution >= 0.6 is 0 Å². The molecule has 1 heterocycles. The monoisotopic (exact) mass is 242 g/mol. The number of imide groups is 2. The fourth-order valence-corrected chi connectivity index (χ4v) is 1.62. The van der Waals surface area contributed by atoms with E-state index in [-0.39, 0.29) is 19.6 Å². The number of hydrogen-bond donors (Lipinski definition) is 0. The molecule has 17 heavy (non-hydrogen) atoms. The minimum atomic E-state index is -0.517. The first-order chi connectivity index (χ1) is 8.11. The Morgan fingerprint density at radius 3 is 2.24 bits per heavy atom. The molecule has 0 atom stereocenters. The van der Waals surface area contributed by atoms with E-state index in [0.717, 1.165) is 22.6 Å². The average Bonchev–Trinajstić information content (AvgIpc) is 2.28. The second-order valence-corrected chi connectivity index (χ2v) is 3.90. The molecule has 0 aliphatic carbocycles. The van der Waals surface area contributed by atoms with Crippen LogP contribution in [0.3, 0.4) is 0 Å². The van der Waals surface area contributed by atoms with Crippen molar-refractivity contribution in [3.8, 4) is 0 Å². The lowest BCUT2D eigenvalue weighted by molar-refractivity contribution is -0.142. The summed E-state index contributed by atoms with van der Waals surface area (Å²) in [6, 6.07) is -0.517. The van der Waals surface area contributed by atoms with Crippen LogP contribution < -0.4 is 0 Å². The van der Waals surface area contributed by atoms with Gasteiger partial charge in [-0.1, -0.05) is 13.3 Å². The molecular weight excluding hydrogens is 224 g/mol. The van der Waals surface area contributed by atoms with E-state index in [2.05, 4.69) is 0 Å². The number of nitrogens with zero attached hydrogens (tertiary/aromatic N) is 2. The van der Waals surface area contributed by atoms with Gasteiger partial charge in [0.15, 0.2) is 0 Å².